The molecule has 2 heterocycles. The van der Waals surface area contributed by atoms with Gasteiger partial charge in [-0.1, -0.05) is 47.5 Å². The smallest absolute Gasteiger partial charge is 0.230 e. The minimum absolute atomic E-state index is 0.0856. The molecule has 0 aliphatic carbocycles. The minimum Gasteiger partial charge on any atom is -0.326 e. The van der Waals surface area contributed by atoms with E-state index >= 15 is 0 Å². The Balaban J connectivity index is 1.55. The molecule has 0 unspecified atom stereocenters. The van der Waals surface area contributed by atoms with Crippen molar-refractivity contribution in [3.05, 3.63) is 76.4 Å². The fraction of sp³-hybridized carbons (Fsp3) is 0.100. The Morgan fingerprint density at radius 2 is 2.04 bits per heavy atom. The van der Waals surface area contributed by atoms with Gasteiger partial charge in [0, 0.05) is 33.5 Å². The molecule has 6 heteroatoms. The second-order valence-corrected chi connectivity index (χ2v) is 7.38. The molecule has 0 aliphatic rings. The number of anilines is 1. The molecule has 1 amide bonds. The average molecular weight is 382 g/mol. The summed E-state index contributed by atoms with van der Waals surface area (Å²) in [5, 5.41) is 5.44. The van der Waals surface area contributed by atoms with Crippen LogP contribution in [-0.4, -0.2) is 15.3 Å². The third-order valence-corrected chi connectivity index (χ3v) is 5.20. The van der Waals surface area contributed by atoms with Crippen LogP contribution in [0.25, 0.3) is 16.2 Å². The number of aromatic nitrogens is 2. The van der Waals surface area contributed by atoms with Gasteiger partial charge in [-0.05, 0) is 25.1 Å². The van der Waals surface area contributed by atoms with Crippen molar-refractivity contribution in [1.82, 2.24) is 9.38 Å². The molecule has 4 aromatic rings. The molecule has 0 bridgehead atoms. The van der Waals surface area contributed by atoms with Gasteiger partial charge in [-0.3, -0.25) is 9.20 Å². The molecule has 0 spiro atoms. The summed E-state index contributed by atoms with van der Waals surface area (Å²) in [7, 11) is 0. The Hall–Kier alpha value is -2.63. The summed E-state index contributed by atoms with van der Waals surface area (Å²) in [4.78, 5) is 17.9. The lowest BCUT2D eigenvalue weighted by Crippen LogP contribution is -2.15. The predicted molar refractivity (Wildman–Crippen MR) is 107 cm³/mol. The first-order valence-electron chi connectivity index (χ1n) is 8.16. The quantitative estimate of drug-likeness (QED) is 0.527. The summed E-state index contributed by atoms with van der Waals surface area (Å²) >= 11 is 7.49. The van der Waals surface area contributed by atoms with E-state index in [-0.39, 0.29) is 12.3 Å². The van der Waals surface area contributed by atoms with Gasteiger partial charge in [-0.15, -0.1) is 11.3 Å². The van der Waals surface area contributed by atoms with Crippen molar-refractivity contribution in [3.8, 4) is 11.3 Å². The third-order valence-electron chi connectivity index (χ3n) is 4.08. The van der Waals surface area contributed by atoms with Crippen LogP contribution >= 0.6 is 22.9 Å². The number of hydrogen-bond acceptors (Lipinski definition) is 3. The average Bonchev–Trinajstić information content (AvgIpc) is 3.18. The first-order chi connectivity index (χ1) is 12.6. The molecular weight excluding hydrogens is 366 g/mol. The summed E-state index contributed by atoms with van der Waals surface area (Å²) in [5.41, 5.74) is 4.80. The van der Waals surface area contributed by atoms with Crippen molar-refractivity contribution in [2.45, 2.75) is 13.3 Å². The number of aryl methyl sites for hydroxylation is 1. The number of halogens is 1. The molecule has 0 fully saturated rings. The molecule has 2 aromatic heterocycles. The van der Waals surface area contributed by atoms with Crippen molar-refractivity contribution >= 4 is 39.5 Å². The molecule has 2 aromatic carbocycles. The molecule has 0 radical (unpaired) electrons. The largest absolute Gasteiger partial charge is 0.326 e. The van der Waals surface area contributed by atoms with E-state index in [0.29, 0.717) is 10.7 Å². The SMILES string of the molecule is Cc1ccc(-c2cn3c(CC(=O)Nc4cccc(Cl)c4)csc3n2)cc1. The fourth-order valence-corrected chi connectivity index (χ4v) is 3.82. The van der Waals surface area contributed by atoms with Gasteiger partial charge in [-0.25, -0.2) is 4.98 Å². The predicted octanol–water partition coefficient (Wildman–Crippen LogP) is 5.21. The number of nitrogens with one attached hydrogen (secondary N) is 1. The zero-order chi connectivity index (χ0) is 18.1. The van der Waals surface area contributed by atoms with Crippen LogP contribution in [0, 0.1) is 6.92 Å². The normalized spacial score (nSPS) is 11.0. The highest BCUT2D eigenvalue weighted by molar-refractivity contribution is 7.15. The van der Waals surface area contributed by atoms with Gasteiger partial charge in [-0.2, -0.15) is 0 Å². The topological polar surface area (TPSA) is 46.4 Å². The zero-order valence-electron chi connectivity index (χ0n) is 14.1. The van der Waals surface area contributed by atoms with Gasteiger partial charge in [0.2, 0.25) is 5.91 Å². The first-order valence-corrected chi connectivity index (χ1v) is 9.42. The number of imidazole rings is 1. The van der Waals surface area contributed by atoms with Gasteiger partial charge in [0.15, 0.2) is 4.96 Å². The van der Waals surface area contributed by atoms with E-state index < -0.39 is 0 Å². The third kappa shape index (κ3) is 3.49. The summed E-state index contributed by atoms with van der Waals surface area (Å²) in [6.45, 7) is 2.06. The summed E-state index contributed by atoms with van der Waals surface area (Å²) < 4.78 is 1.98. The van der Waals surface area contributed by atoms with Crippen molar-refractivity contribution < 1.29 is 4.79 Å². The van der Waals surface area contributed by atoms with Crippen LogP contribution < -0.4 is 5.32 Å². The van der Waals surface area contributed by atoms with E-state index in [1.807, 2.05) is 28.1 Å². The van der Waals surface area contributed by atoms with Gasteiger partial charge in [0.05, 0.1) is 12.1 Å². The molecule has 0 atom stereocenters. The number of carbonyl (C=O) groups is 1. The molecule has 4 nitrogen and oxygen atoms in total. The fourth-order valence-electron chi connectivity index (χ4n) is 2.76. The molecule has 1 N–H and O–H groups in total. The Labute approximate surface area is 160 Å². The highest BCUT2D eigenvalue weighted by Gasteiger charge is 2.13. The van der Waals surface area contributed by atoms with Crippen LogP contribution in [0.3, 0.4) is 0 Å². The molecule has 26 heavy (non-hydrogen) atoms. The molecule has 4 rings (SSSR count). The maximum Gasteiger partial charge on any atom is 0.230 e. The van der Waals surface area contributed by atoms with Crippen molar-refractivity contribution in [3.63, 3.8) is 0 Å². The lowest BCUT2D eigenvalue weighted by atomic mass is 10.1. The van der Waals surface area contributed by atoms with Crippen molar-refractivity contribution in [1.29, 1.82) is 0 Å². The molecule has 130 valence electrons. The van der Waals surface area contributed by atoms with E-state index in [0.717, 1.165) is 21.9 Å². The summed E-state index contributed by atoms with van der Waals surface area (Å²) in [6.07, 6.45) is 2.26. The Kier molecular flexibility index (Phi) is 4.49. The molecular formula is C20H16ClN3OS. The highest BCUT2D eigenvalue weighted by Crippen LogP contribution is 2.24. The van der Waals surface area contributed by atoms with E-state index in [2.05, 4.69) is 41.5 Å². The lowest BCUT2D eigenvalue weighted by Gasteiger charge is -2.05. The number of benzene rings is 2. The van der Waals surface area contributed by atoms with Gasteiger partial charge < -0.3 is 5.32 Å². The van der Waals surface area contributed by atoms with Gasteiger partial charge in [0.25, 0.3) is 0 Å². The highest BCUT2D eigenvalue weighted by atomic mass is 35.5. The maximum atomic E-state index is 12.4. The first kappa shape index (κ1) is 16.8. The Morgan fingerprint density at radius 3 is 2.81 bits per heavy atom. The maximum absolute atomic E-state index is 12.4. The second kappa shape index (κ2) is 6.94. The van der Waals surface area contributed by atoms with E-state index in [4.69, 9.17) is 11.6 Å². The number of nitrogens with zero attached hydrogens (tertiary/aromatic N) is 2. The molecule has 0 saturated heterocycles. The summed E-state index contributed by atoms with van der Waals surface area (Å²) in [5.74, 6) is -0.0856. The number of rotatable bonds is 4. The number of thiazole rings is 1. The Morgan fingerprint density at radius 1 is 1.23 bits per heavy atom. The van der Waals surface area contributed by atoms with Crippen molar-refractivity contribution in [2.75, 3.05) is 5.32 Å². The monoisotopic (exact) mass is 381 g/mol. The summed E-state index contributed by atoms with van der Waals surface area (Å²) in [6, 6.07) is 15.4. The van der Waals surface area contributed by atoms with E-state index in [1.54, 1.807) is 12.1 Å². The van der Waals surface area contributed by atoms with Crippen LogP contribution in [0.2, 0.25) is 5.02 Å². The second-order valence-electron chi connectivity index (χ2n) is 6.11. The van der Waals surface area contributed by atoms with Crippen LogP contribution in [0.4, 0.5) is 5.69 Å². The van der Waals surface area contributed by atoms with E-state index in [9.17, 15) is 4.79 Å². The van der Waals surface area contributed by atoms with Gasteiger partial charge in [0.1, 0.15) is 0 Å². The van der Waals surface area contributed by atoms with Crippen LogP contribution in [0.1, 0.15) is 11.3 Å². The Bertz CT molecular complexity index is 1080. The van der Waals surface area contributed by atoms with Crippen molar-refractivity contribution in [2.24, 2.45) is 0 Å². The van der Waals surface area contributed by atoms with Crippen LogP contribution in [0.5, 0.6) is 0 Å². The number of carbonyl (C=O) groups excluding carboxylic acids is 1. The zero-order valence-corrected chi connectivity index (χ0v) is 15.6. The standard InChI is InChI=1S/C20H16ClN3OS/c1-13-5-7-14(8-6-13)18-11-24-17(12-26-20(24)23-18)10-19(25)22-16-4-2-3-15(21)9-16/h2-9,11-12H,10H2,1H3,(H,22,25). The minimum atomic E-state index is -0.0856. The number of fused-ring (bicyclic) bond motifs is 1. The number of hydrogen-bond donors (Lipinski definition) is 1. The molecule has 0 aliphatic heterocycles. The van der Waals surface area contributed by atoms with Crippen LogP contribution in [-0.2, 0) is 11.2 Å². The number of amides is 1. The van der Waals surface area contributed by atoms with E-state index in [1.165, 1.54) is 16.9 Å². The van der Waals surface area contributed by atoms with Gasteiger partial charge >= 0.3 is 0 Å². The van der Waals surface area contributed by atoms with Crippen LogP contribution in [0.15, 0.2) is 60.1 Å². The lowest BCUT2D eigenvalue weighted by molar-refractivity contribution is -0.115. The molecule has 0 saturated carbocycles.